The average Bonchev–Trinajstić information content (AvgIpc) is 2.45. The maximum Gasteiger partial charge on any atom is 0.119 e. The van der Waals surface area contributed by atoms with Crippen LogP contribution in [0.25, 0.3) is 0 Å². The number of nitrogens with one attached hydrogen (secondary N) is 1. The van der Waals surface area contributed by atoms with E-state index in [1.54, 1.807) is 0 Å². The van der Waals surface area contributed by atoms with E-state index in [4.69, 9.17) is 10.6 Å². The Morgan fingerprint density at radius 2 is 1.95 bits per heavy atom. The molecule has 0 aliphatic heterocycles. The molecular formula is C17H30N2O. The third-order valence-corrected chi connectivity index (χ3v) is 3.62. The Labute approximate surface area is 123 Å². The van der Waals surface area contributed by atoms with Gasteiger partial charge < -0.3 is 4.74 Å². The minimum atomic E-state index is 0.362. The van der Waals surface area contributed by atoms with E-state index in [9.17, 15) is 0 Å². The SMILES string of the molecule is CCCCCCCC(CCOc1cccc(C)c1)NN. The van der Waals surface area contributed by atoms with Crippen LogP contribution in [0.15, 0.2) is 24.3 Å². The lowest BCUT2D eigenvalue weighted by atomic mass is 10.0. The summed E-state index contributed by atoms with van der Waals surface area (Å²) in [5, 5.41) is 0. The highest BCUT2D eigenvalue weighted by molar-refractivity contribution is 5.27. The molecule has 1 aromatic rings. The first-order chi connectivity index (χ1) is 9.76. The van der Waals surface area contributed by atoms with Crippen LogP contribution in [0, 0.1) is 6.92 Å². The summed E-state index contributed by atoms with van der Waals surface area (Å²) in [6.07, 6.45) is 8.63. The number of ether oxygens (including phenoxy) is 1. The average molecular weight is 278 g/mol. The largest absolute Gasteiger partial charge is 0.494 e. The van der Waals surface area contributed by atoms with E-state index in [2.05, 4.69) is 31.4 Å². The summed E-state index contributed by atoms with van der Waals surface area (Å²) in [4.78, 5) is 0. The van der Waals surface area contributed by atoms with Crippen molar-refractivity contribution >= 4 is 0 Å². The van der Waals surface area contributed by atoms with E-state index in [1.165, 1.54) is 37.7 Å². The third kappa shape index (κ3) is 7.51. The van der Waals surface area contributed by atoms with Crippen LogP contribution in [0.4, 0.5) is 0 Å². The van der Waals surface area contributed by atoms with Gasteiger partial charge in [0.05, 0.1) is 6.61 Å². The van der Waals surface area contributed by atoms with Gasteiger partial charge in [-0.05, 0) is 37.5 Å². The predicted molar refractivity (Wildman–Crippen MR) is 85.8 cm³/mol. The van der Waals surface area contributed by atoms with Crippen LogP contribution >= 0.6 is 0 Å². The summed E-state index contributed by atoms with van der Waals surface area (Å²) in [6, 6.07) is 8.53. The fourth-order valence-electron chi connectivity index (χ4n) is 2.33. The summed E-state index contributed by atoms with van der Waals surface area (Å²) in [6.45, 7) is 5.04. The Hall–Kier alpha value is -1.06. The van der Waals surface area contributed by atoms with Gasteiger partial charge >= 0.3 is 0 Å². The molecule has 0 radical (unpaired) electrons. The number of rotatable bonds is 11. The molecule has 1 rings (SSSR count). The molecule has 0 fully saturated rings. The molecule has 1 unspecified atom stereocenters. The van der Waals surface area contributed by atoms with Crippen molar-refractivity contribution in [3.05, 3.63) is 29.8 Å². The van der Waals surface area contributed by atoms with Gasteiger partial charge in [-0.15, -0.1) is 0 Å². The van der Waals surface area contributed by atoms with E-state index >= 15 is 0 Å². The lowest BCUT2D eigenvalue weighted by molar-refractivity contribution is 0.279. The van der Waals surface area contributed by atoms with Gasteiger partial charge in [-0.25, -0.2) is 0 Å². The fraction of sp³-hybridized carbons (Fsp3) is 0.647. The van der Waals surface area contributed by atoms with Gasteiger partial charge in [-0.3, -0.25) is 11.3 Å². The molecule has 0 heterocycles. The van der Waals surface area contributed by atoms with Crippen LogP contribution in [0.1, 0.15) is 57.4 Å². The number of unbranched alkanes of at least 4 members (excludes halogenated alkanes) is 4. The lowest BCUT2D eigenvalue weighted by Crippen LogP contribution is -2.36. The van der Waals surface area contributed by atoms with Crippen molar-refractivity contribution in [2.45, 2.75) is 64.8 Å². The molecule has 0 spiro atoms. The normalized spacial score (nSPS) is 12.3. The van der Waals surface area contributed by atoms with E-state index < -0.39 is 0 Å². The number of hydrogen-bond donors (Lipinski definition) is 2. The van der Waals surface area contributed by atoms with Gasteiger partial charge in [-0.1, -0.05) is 51.2 Å². The summed E-state index contributed by atoms with van der Waals surface area (Å²) in [5.74, 6) is 6.56. The fourth-order valence-corrected chi connectivity index (χ4v) is 2.33. The molecule has 0 aromatic heterocycles. The highest BCUT2D eigenvalue weighted by Crippen LogP contribution is 2.14. The van der Waals surface area contributed by atoms with Crippen LogP contribution < -0.4 is 16.0 Å². The smallest absolute Gasteiger partial charge is 0.119 e. The molecule has 3 N–H and O–H groups in total. The predicted octanol–water partition coefficient (Wildman–Crippen LogP) is 3.96. The second-order valence-electron chi connectivity index (χ2n) is 5.52. The summed E-state index contributed by atoms with van der Waals surface area (Å²) >= 11 is 0. The van der Waals surface area contributed by atoms with Gasteiger partial charge in [0, 0.05) is 6.04 Å². The van der Waals surface area contributed by atoms with Crippen molar-refractivity contribution in [1.29, 1.82) is 0 Å². The Morgan fingerprint density at radius 1 is 1.15 bits per heavy atom. The first kappa shape index (κ1) is 17.0. The van der Waals surface area contributed by atoms with Crippen molar-refractivity contribution in [2.75, 3.05) is 6.61 Å². The van der Waals surface area contributed by atoms with Crippen molar-refractivity contribution in [1.82, 2.24) is 5.43 Å². The second-order valence-corrected chi connectivity index (χ2v) is 5.52. The Kier molecular flexibility index (Phi) is 9.09. The molecule has 0 aliphatic rings. The summed E-state index contributed by atoms with van der Waals surface area (Å²) in [7, 11) is 0. The topological polar surface area (TPSA) is 47.3 Å². The van der Waals surface area contributed by atoms with Crippen LogP contribution in [0.3, 0.4) is 0 Å². The number of nitrogens with two attached hydrogens (primary N) is 1. The first-order valence-electron chi connectivity index (χ1n) is 7.92. The molecule has 3 heteroatoms. The van der Waals surface area contributed by atoms with Gasteiger partial charge in [0.25, 0.3) is 0 Å². The maximum absolute atomic E-state index is 5.77. The molecule has 1 atom stereocenters. The summed E-state index contributed by atoms with van der Waals surface area (Å²) < 4.78 is 5.77. The Morgan fingerprint density at radius 3 is 2.65 bits per heavy atom. The highest BCUT2D eigenvalue weighted by Gasteiger charge is 2.06. The molecule has 0 amide bonds. The second kappa shape index (κ2) is 10.7. The maximum atomic E-state index is 5.77. The van der Waals surface area contributed by atoms with Crippen LogP contribution in [-0.2, 0) is 0 Å². The molecule has 0 bridgehead atoms. The van der Waals surface area contributed by atoms with Crippen LogP contribution in [0.5, 0.6) is 5.75 Å². The first-order valence-corrected chi connectivity index (χ1v) is 7.92. The molecule has 0 saturated carbocycles. The number of hydrazine groups is 1. The minimum absolute atomic E-state index is 0.362. The lowest BCUT2D eigenvalue weighted by Gasteiger charge is -2.16. The zero-order chi connectivity index (χ0) is 14.6. The molecular weight excluding hydrogens is 248 g/mol. The zero-order valence-electron chi connectivity index (χ0n) is 13.0. The van der Waals surface area contributed by atoms with Crippen molar-refractivity contribution in [2.24, 2.45) is 5.84 Å². The van der Waals surface area contributed by atoms with E-state index in [0.717, 1.165) is 18.6 Å². The number of benzene rings is 1. The van der Waals surface area contributed by atoms with Gasteiger partial charge in [0.1, 0.15) is 5.75 Å². The molecule has 0 aliphatic carbocycles. The van der Waals surface area contributed by atoms with Crippen molar-refractivity contribution in [3.63, 3.8) is 0 Å². The van der Waals surface area contributed by atoms with E-state index in [-0.39, 0.29) is 0 Å². The van der Waals surface area contributed by atoms with Gasteiger partial charge in [-0.2, -0.15) is 0 Å². The highest BCUT2D eigenvalue weighted by atomic mass is 16.5. The van der Waals surface area contributed by atoms with Crippen molar-refractivity contribution < 1.29 is 4.74 Å². The molecule has 3 nitrogen and oxygen atoms in total. The number of aryl methyl sites for hydroxylation is 1. The standard InChI is InChI=1S/C17H30N2O/c1-3-4-5-6-7-10-16(19-18)12-13-20-17-11-8-9-15(2)14-17/h8-9,11,14,16,19H,3-7,10,12-13,18H2,1-2H3. The van der Waals surface area contributed by atoms with Gasteiger partial charge in [0.15, 0.2) is 0 Å². The summed E-state index contributed by atoms with van der Waals surface area (Å²) in [5.41, 5.74) is 4.14. The Bertz CT molecular complexity index is 355. The Balaban J connectivity index is 2.14. The number of hydrogen-bond acceptors (Lipinski definition) is 3. The zero-order valence-corrected chi connectivity index (χ0v) is 13.0. The van der Waals surface area contributed by atoms with E-state index in [1.807, 2.05) is 12.1 Å². The molecule has 114 valence electrons. The molecule has 0 saturated heterocycles. The monoisotopic (exact) mass is 278 g/mol. The molecule has 20 heavy (non-hydrogen) atoms. The van der Waals surface area contributed by atoms with E-state index in [0.29, 0.717) is 12.6 Å². The minimum Gasteiger partial charge on any atom is -0.494 e. The van der Waals surface area contributed by atoms with Crippen molar-refractivity contribution in [3.8, 4) is 5.75 Å². The van der Waals surface area contributed by atoms with Gasteiger partial charge in [0.2, 0.25) is 0 Å². The quantitative estimate of drug-likeness (QED) is 0.366. The molecule has 1 aromatic carbocycles. The van der Waals surface area contributed by atoms with Crippen LogP contribution in [-0.4, -0.2) is 12.6 Å². The third-order valence-electron chi connectivity index (χ3n) is 3.62. The van der Waals surface area contributed by atoms with Crippen LogP contribution in [0.2, 0.25) is 0 Å².